The molecule has 0 radical (unpaired) electrons. The van der Waals surface area contributed by atoms with Crippen LogP contribution >= 0.6 is 11.8 Å². The largest absolute Gasteiger partial charge is 0.350 e. The molecule has 1 aromatic carbocycles. The molecule has 4 bridgehead atoms. The molecule has 4 heteroatoms. The maximum absolute atomic E-state index is 12.7. The minimum absolute atomic E-state index is 0.110. The van der Waals surface area contributed by atoms with Crippen LogP contribution in [0.4, 0.5) is 0 Å². The van der Waals surface area contributed by atoms with Gasteiger partial charge in [0.25, 0.3) is 0 Å². The molecule has 4 aliphatic rings. The number of fused-ring (bicyclic) bond motifs is 1. The zero-order chi connectivity index (χ0) is 17.7. The summed E-state index contributed by atoms with van der Waals surface area (Å²) in [6.45, 7) is 2.11. The summed E-state index contributed by atoms with van der Waals surface area (Å²) < 4.78 is 0. The highest BCUT2D eigenvalue weighted by Gasteiger charge is 2.51. The molecule has 0 saturated heterocycles. The standard InChI is InChI=1S/C22H26N2OS/c1-14-6-21(23-19-5-3-2-4-18(14)19)26-13-20(25)24-22-10-15-7-16(11-22)9-17(8-15)12-22/h2-6,15-17H,7-13H2,1H3,(H,24,25). The summed E-state index contributed by atoms with van der Waals surface area (Å²) in [5.41, 5.74) is 2.34. The third-order valence-electron chi connectivity index (χ3n) is 6.69. The van der Waals surface area contributed by atoms with Gasteiger partial charge in [0.05, 0.1) is 16.3 Å². The highest BCUT2D eigenvalue weighted by atomic mass is 32.2. The smallest absolute Gasteiger partial charge is 0.230 e. The predicted molar refractivity (Wildman–Crippen MR) is 106 cm³/mol. The van der Waals surface area contributed by atoms with Gasteiger partial charge in [0.1, 0.15) is 0 Å². The molecule has 0 unspecified atom stereocenters. The maximum Gasteiger partial charge on any atom is 0.230 e. The van der Waals surface area contributed by atoms with Crippen molar-refractivity contribution in [1.29, 1.82) is 0 Å². The van der Waals surface area contributed by atoms with Crippen LogP contribution in [-0.4, -0.2) is 22.2 Å². The van der Waals surface area contributed by atoms with E-state index < -0.39 is 0 Å². The van der Waals surface area contributed by atoms with Gasteiger partial charge in [-0.3, -0.25) is 4.79 Å². The molecule has 1 heterocycles. The van der Waals surface area contributed by atoms with Gasteiger partial charge in [0.2, 0.25) is 5.91 Å². The summed E-state index contributed by atoms with van der Waals surface area (Å²) in [5.74, 6) is 3.23. The normalized spacial score (nSPS) is 32.1. The second kappa shape index (κ2) is 6.26. The lowest BCUT2D eigenvalue weighted by molar-refractivity contribution is -0.124. The average molecular weight is 367 g/mol. The van der Waals surface area contributed by atoms with E-state index in [2.05, 4.69) is 24.4 Å². The predicted octanol–water partition coefficient (Wildman–Crippen LogP) is 4.72. The number of aromatic nitrogens is 1. The van der Waals surface area contributed by atoms with E-state index in [1.807, 2.05) is 18.2 Å². The monoisotopic (exact) mass is 366 g/mol. The molecule has 4 fully saturated rings. The van der Waals surface area contributed by atoms with Gasteiger partial charge in [-0.1, -0.05) is 30.0 Å². The van der Waals surface area contributed by atoms with Crippen molar-refractivity contribution in [2.75, 3.05) is 5.75 Å². The molecule has 4 saturated carbocycles. The number of para-hydroxylation sites is 1. The van der Waals surface area contributed by atoms with Crippen molar-refractivity contribution in [3.63, 3.8) is 0 Å². The van der Waals surface area contributed by atoms with Crippen molar-refractivity contribution >= 4 is 28.6 Å². The van der Waals surface area contributed by atoms with Crippen LogP contribution in [0.1, 0.15) is 44.1 Å². The van der Waals surface area contributed by atoms with E-state index in [0.717, 1.165) is 28.3 Å². The first-order chi connectivity index (χ1) is 12.6. The Balaban J connectivity index is 1.25. The van der Waals surface area contributed by atoms with Gasteiger partial charge in [0.15, 0.2) is 0 Å². The van der Waals surface area contributed by atoms with Crippen molar-refractivity contribution in [3.05, 3.63) is 35.9 Å². The summed E-state index contributed by atoms with van der Waals surface area (Å²) in [6.07, 6.45) is 7.85. The number of thioether (sulfide) groups is 1. The molecule has 6 rings (SSSR count). The van der Waals surface area contributed by atoms with Crippen molar-refractivity contribution in [3.8, 4) is 0 Å². The van der Waals surface area contributed by atoms with Crippen LogP contribution in [0.2, 0.25) is 0 Å². The second-order valence-electron chi connectivity index (χ2n) is 8.83. The van der Waals surface area contributed by atoms with Gasteiger partial charge >= 0.3 is 0 Å². The fourth-order valence-corrected chi connectivity index (χ4v) is 6.90. The summed E-state index contributed by atoms with van der Waals surface area (Å²) in [6, 6.07) is 10.3. The Labute approximate surface area is 159 Å². The summed E-state index contributed by atoms with van der Waals surface area (Å²) in [7, 11) is 0. The van der Waals surface area contributed by atoms with Crippen LogP contribution in [0, 0.1) is 24.7 Å². The summed E-state index contributed by atoms with van der Waals surface area (Å²) in [5, 5.41) is 5.59. The van der Waals surface area contributed by atoms with Crippen LogP contribution in [0.25, 0.3) is 10.9 Å². The Morgan fingerprint density at radius 2 is 1.81 bits per heavy atom. The Morgan fingerprint density at radius 1 is 1.15 bits per heavy atom. The zero-order valence-electron chi connectivity index (χ0n) is 15.3. The molecule has 3 nitrogen and oxygen atoms in total. The second-order valence-corrected chi connectivity index (χ2v) is 9.82. The molecule has 1 amide bonds. The molecule has 4 aliphatic carbocycles. The Bertz CT molecular complexity index is 827. The van der Waals surface area contributed by atoms with Gasteiger partial charge in [-0.05, 0) is 80.9 Å². The number of carbonyl (C=O) groups excluding carboxylic acids is 1. The molecule has 1 N–H and O–H groups in total. The molecular formula is C22H26N2OS. The molecule has 0 aliphatic heterocycles. The first kappa shape index (κ1) is 16.6. The van der Waals surface area contributed by atoms with Crippen molar-refractivity contribution in [2.24, 2.45) is 17.8 Å². The molecule has 1 aromatic heterocycles. The van der Waals surface area contributed by atoms with Gasteiger partial charge in [-0.25, -0.2) is 4.98 Å². The number of rotatable bonds is 4. The first-order valence-corrected chi connectivity index (χ1v) is 10.9. The van der Waals surface area contributed by atoms with Crippen LogP contribution in [0.15, 0.2) is 35.4 Å². The number of nitrogens with one attached hydrogen (secondary N) is 1. The first-order valence-electron chi connectivity index (χ1n) is 9.89. The number of pyridine rings is 1. The quantitative estimate of drug-likeness (QED) is 0.796. The van der Waals surface area contributed by atoms with Crippen molar-refractivity contribution in [1.82, 2.24) is 10.3 Å². The van der Waals surface area contributed by atoms with Gasteiger partial charge in [-0.15, -0.1) is 0 Å². The van der Waals surface area contributed by atoms with Crippen LogP contribution in [0.3, 0.4) is 0 Å². The molecule has 136 valence electrons. The van der Waals surface area contributed by atoms with Gasteiger partial charge in [0, 0.05) is 10.9 Å². The number of aryl methyl sites for hydroxylation is 1. The number of hydrogen-bond donors (Lipinski definition) is 1. The lowest BCUT2D eigenvalue weighted by Gasteiger charge is -2.56. The van der Waals surface area contributed by atoms with E-state index in [-0.39, 0.29) is 11.4 Å². The molecule has 0 atom stereocenters. The third kappa shape index (κ3) is 3.02. The Morgan fingerprint density at radius 3 is 2.50 bits per heavy atom. The highest BCUT2D eigenvalue weighted by molar-refractivity contribution is 7.99. The van der Waals surface area contributed by atoms with Crippen LogP contribution in [-0.2, 0) is 4.79 Å². The minimum atomic E-state index is 0.110. The maximum atomic E-state index is 12.7. The van der Waals surface area contributed by atoms with E-state index in [4.69, 9.17) is 4.98 Å². The summed E-state index contributed by atoms with van der Waals surface area (Å²) >= 11 is 1.56. The topological polar surface area (TPSA) is 42.0 Å². The lowest BCUT2D eigenvalue weighted by atomic mass is 9.53. The Hall–Kier alpha value is -1.55. The zero-order valence-corrected chi connectivity index (χ0v) is 16.1. The van der Waals surface area contributed by atoms with E-state index in [1.54, 1.807) is 11.8 Å². The number of benzene rings is 1. The van der Waals surface area contributed by atoms with Crippen molar-refractivity contribution < 1.29 is 4.79 Å². The number of carbonyl (C=O) groups is 1. The summed E-state index contributed by atoms with van der Waals surface area (Å²) in [4.78, 5) is 17.4. The fourth-order valence-electron chi connectivity index (χ4n) is 6.13. The van der Waals surface area contributed by atoms with E-state index >= 15 is 0 Å². The van der Waals surface area contributed by atoms with Crippen LogP contribution in [0.5, 0.6) is 0 Å². The third-order valence-corrected chi connectivity index (χ3v) is 7.60. The van der Waals surface area contributed by atoms with Crippen LogP contribution < -0.4 is 5.32 Å². The van der Waals surface area contributed by atoms with E-state index in [0.29, 0.717) is 5.75 Å². The number of nitrogens with zero attached hydrogens (tertiary/aromatic N) is 1. The highest BCUT2D eigenvalue weighted by Crippen LogP contribution is 2.55. The van der Waals surface area contributed by atoms with Gasteiger partial charge < -0.3 is 5.32 Å². The Kier molecular flexibility index (Phi) is 4.00. The number of hydrogen-bond acceptors (Lipinski definition) is 3. The molecular weight excluding hydrogens is 340 g/mol. The van der Waals surface area contributed by atoms with Crippen molar-refractivity contribution in [2.45, 2.75) is 56.0 Å². The van der Waals surface area contributed by atoms with E-state index in [1.165, 1.54) is 49.5 Å². The SMILES string of the molecule is Cc1cc(SCC(=O)NC23CC4CC(CC(C4)C2)C3)nc2ccccc12. The molecule has 26 heavy (non-hydrogen) atoms. The average Bonchev–Trinajstić information content (AvgIpc) is 2.58. The van der Waals surface area contributed by atoms with Gasteiger partial charge in [-0.2, -0.15) is 0 Å². The lowest BCUT2D eigenvalue weighted by Crippen LogP contribution is -2.60. The number of amides is 1. The fraction of sp³-hybridized carbons (Fsp3) is 0.545. The van der Waals surface area contributed by atoms with E-state index in [9.17, 15) is 4.79 Å². The molecule has 2 aromatic rings. The minimum Gasteiger partial charge on any atom is -0.350 e. The molecule has 0 spiro atoms.